The molecule has 1 saturated heterocycles. The average Bonchev–Trinajstić information content (AvgIpc) is 3.42. The molecule has 2 aromatic rings. The van der Waals surface area contributed by atoms with Gasteiger partial charge in [-0.25, -0.2) is 9.07 Å². The molecule has 0 bridgehead atoms. The number of aromatic nitrogens is 2. The lowest BCUT2D eigenvalue weighted by Gasteiger charge is -2.34. The van der Waals surface area contributed by atoms with Crippen LogP contribution in [0.15, 0.2) is 35.1 Å². The first-order valence-electron chi connectivity index (χ1n) is 10.7. The molecule has 3 aliphatic rings. The Morgan fingerprint density at radius 2 is 1.86 bits per heavy atom. The minimum absolute atomic E-state index is 0.00241. The summed E-state index contributed by atoms with van der Waals surface area (Å²) in [5.41, 5.74) is 2.67. The predicted octanol–water partition coefficient (Wildman–Crippen LogP) is 2.84. The molecule has 0 N–H and O–H groups in total. The molecular weight excluding hydrogens is 369 g/mol. The Labute approximate surface area is 169 Å². The molecule has 1 saturated carbocycles. The zero-order chi connectivity index (χ0) is 20.0. The Kier molecular flexibility index (Phi) is 4.52. The molecule has 1 amide bonds. The van der Waals surface area contributed by atoms with Crippen molar-refractivity contribution >= 4 is 5.91 Å². The summed E-state index contributed by atoms with van der Waals surface area (Å²) < 4.78 is 14.9. The molecule has 2 aliphatic carbocycles. The van der Waals surface area contributed by atoms with Gasteiger partial charge in [0.15, 0.2) is 0 Å². The van der Waals surface area contributed by atoms with Crippen molar-refractivity contribution < 1.29 is 9.18 Å². The van der Waals surface area contributed by atoms with Crippen LogP contribution in [0.2, 0.25) is 0 Å². The maximum Gasteiger partial charge on any atom is 0.267 e. The number of fused-ring (bicyclic) bond motifs is 1. The summed E-state index contributed by atoms with van der Waals surface area (Å²) in [6.45, 7) is 2.07. The minimum atomic E-state index is -0.445. The third-order valence-corrected chi connectivity index (χ3v) is 6.91. The van der Waals surface area contributed by atoms with Gasteiger partial charge in [-0.15, -0.1) is 0 Å². The number of hydrogen-bond donors (Lipinski definition) is 0. The van der Waals surface area contributed by atoms with Gasteiger partial charge in [0.1, 0.15) is 5.82 Å². The van der Waals surface area contributed by atoms with Gasteiger partial charge < -0.3 is 4.90 Å². The van der Waals surface area contributed by atoms with E-state index >= 15 is 0 Å². The quantitative estimate of drug-likeness (QED) is 0.800. The summed E-state index contributed by atoms with van der Waals surface area (Å²) in [5.74, 6) is 0.272. The maximum absolute atomic E-state index is 13.2. The van der Waals surface area contributed by atoms with Gasteiger partial charge in [0.05, 0.1) is 11.1 Å². The molecule has 0 spiro atoms. The van der Waals surface area contributed by atoms with Crippen LogP contribution < -0.4 is 5.56 Å². The molecule has 2 heterocycles. The molecule has 1 aromatic heterocycles. The van der Waals surface area contributed by atoms with E-state index in [4.69, 9.17) is 0 Å². The Hall–Kier alpha value is -2.50. The van der Waals surface area contributed by atoms with Gasteiger partial charge in [0, 0.05) is 25.7 Å². The van der Waals surface area contributed by atoms with Crippen molar-refractivity contribution in [1.29, 1.82) is 0 Å². The molecule has 1 aromatic carbocycles. The van der Waals surface area contributed by atoms with E-state index in [2.05, 4.69) is 5.10 Å². The van der Waals surface area contributed by atoms with E-state index < -0.39 is 5.41 Å². The van der Waals surface area contributed by atoms with Crippen LogP contribution >= 0.6 is 0 Å². The fourth-order valence-corrected chi connectivity index (χ4v) is 4.96. The van der Waals surface area contributed by atoms with E-state index in [1.807, 2.05) is 4.90 Å². The van der Waals surface area contributed by atoms with Crippen LogP contribution in [-0.4, -0.2) is 33.7 Å². The lowest BCUT2D eigenvalue weighted by molar-refractivity contribution is -0.135. The Bertz CT molecular complexity index is 986. The third-order valence-electron chi connectivity index (χ3n) is 6.91. The van der Waals surface area contributed by atoms with Crippen molar-refractivity contribution in [2.24, 2.45) is 5.92 Å². The fraction of sp³-hybridized carbons (Fsp3) is 0.522. The first kappa shape index (κ1) is 18.5. The van der Waals surface area contributed by atoms with Crippen LogP contribution in [0.25, 0.3) is 0 Å². The number of halogens is 1. The second-order valence-electron chi connectivity index (χ2n) is 8.81. The van der Waals surface area contributed by atoms with E-state index in [0.29, 0.717) is 25.6 Å². The second-order valence-corrected chi connectivity index (χ2v) is 8.81. The van der Waals surface area contributed by atoms with Gasteiger partial charge in [0.25, 0.3) is 5.56 Å². The van der Waals surface area contributed by atoms with Crippen molar-refractivity contribution in [3.63, 3.8) is 0 Å². The van der Waals surface area contributed by atoms with Crippen molar-refractivity contribution in [2.45, 2.75) is 56.9 Å². The number of piperidine rings is 1. The van der Waals surface area contributed by atoms with Crippen LogP contribution in [0.3, 0.4) is 0 Å². The van der Waals surface area contributed by atoms with Gasteiger partial charge in [-0.2, -0.15) is 5.10 Å². The summed E-state index contributed by atoms with van der Waals surface area (Å²) in [5, 5.41) is 4.59. The third kappa shape index (κ3) is 3.38. The summed E-state index contributed by atoms with van der Waals surface area (Å²) in [7, 11) is 0. The molecule has 29 heavy (non-hydrogen) atoms. The lowest BCUT2D eigenvalue weighted by atomic mass is 9.91. The highest BCUT2D eigenvalue weighted by atomic mass is 19.1. The average molecular weight is 395 g/mol. The first-order chi connectivity index (χ1) is 14.0. The fourth-order valence-electron chi connectivity index (χ4n) is 4.96. The molecule has 0 unspecified atom stereocenters. The van der Waals surface area contributed by atoms with Crippen molar-refractivity contribution in [2.75, 3.05) is 13.1 Å². The monoisotopic (exact) mass is 395 g/mol. The van der Waals surface area contributed by atoms with Crippen LogP contribution in [0.4, 0.5) is 4.39 Å². The summed E-state index contributed by atoms with van der Waals surface area (Å²) >= 11 is 0. The highest BCUT2D eigenvalue weighted by Gasteiger charge is 2.53. The van der Waals surface area contributed by atoms with Gasteiger partial charge in [-0.05, 0) is 74.1 Å². The topological polar surface area (TPSA) is 55.2 Å². The number of rotatable bonds is 4. The number of carbonyl (C=O) groups is 1. The smallest absolute Gasteiger partial charge is 0.267 e. The number of benzene rings is 1. The number of aryl methyl sites for hydroxylation is 2. The number of nitrogens with zero attached hydrogens (tertiary/aromatic N) is 3. The molecule has 0 radical (unpaired) electrons. The Morgan fingerprint density at radius 1 is 1.14 bits per heavy atom. The molecule has 6 heteroatoms. The maximum atomic E-state index is 13.2. The predicted molar refractivity (Wildman–Crippen MR) is 107 cm³/mol. The lowest BCUT2D eigenvalue weighted by Crippen LogP contribution is -2.45. The normalized spacial score (nSPS) is 20.5. The zero-order valence-corrected chi connectivity index (χ0v) is 16.6. The van der Waals surface area contributed by atoms with Gasteiger partial charge in [-0.3, -0.25) is 9.59 Å². The molecule has 152 valence electrons. The summed E-state index contributed by atoms with van der Waals surface area (Å²) in [6, 6.07) is 8.14. The molecule has 1 aliphatic heterocycles. The highest BCUT2D eigenvalue weighted by molar-refractivity contribution is 5.91. The van der Waals surface area contributed by atoms with E-state index in [0.717, 1.165) is 61.8 Å². The van der Waals surface area contributed by atoms with Crippen molar-refractivity contribution in [1.82, 2.24) is 14.7 Å². The zero-order valence-electron chi connectivity index (χ0n) is 16.6. The van der Waals surface area contributed by atoms with E-state index in [9.17, 15) is 14.0 Å². The van der Waals surface area contributed by atoms with Crippen molar-refractivity contribution in [3.05, 3.63) is 63.3 Å². The van der Waals surface area contributed by atoms with Gasteiger partial charge in [-0.1, -0.05) is 12.1 Å². The van der Waals surface area contributed by atoms with E-state index in [1.165, 1.54) is 12.1 Å². The van der Waals surface area contributed by atoms with Crippen LogP contribution in [0.1, 0.15) is 48.9 Å². The Balaban J connectivity index is 1.22. The van der Waals surface area contributed by atoms with Gasteiger partial charge >= 0.3 is 0 Å². The van der Waals surface area contributed by atoms with E-state index in [1.54, 1.807) is 22.9 Å². The second kappa shape index (κ2) is 7.08. The van der Waals surface area contributed by atoms with Gasteiger partial charge in [0.2, 0.25) is 5.91 Å². The van der Waals surface area contributed by atoms with Crippen LogP contribution in [-0.2, 0) is 29.6 Å². The summed E-state index contributed by atoms with van der Waals surface area (Å²) in [4.78, 5) is 27.5. The largest absolute Gasteiger partial charge is 0.342 e. The minimum Gasteiger partial charge on any atom is -0.342 e. The number of hydrogen-bond acceptors (Lipinski definition) is 3. The number of likely N-dealkylation sites (tertiary alicyclic amines) is 1. The molecule has 2 fully saturated rings. The summed E-state index contributed by atoms with van der Waals surface area (Å²) in [6.07, 6.45) is 6.47. The van der Waals surface area contributed by atoms with E-state index in [-0.39, 0.29) is 17.3 Å². The van der Waals surface area contributed by atoms with Crippen LogP contribution in [0.5, 0.6) is 0 Å². The number of carbonyl (C=O) groups excluding carboxylic acids is 1. The first-order valence-corrected chi connectivity index (χ1v) is 10.7. The standard InChI is InChI=1S/C23H26FN3O2/c24-19-6-4-18(5-7-19)23(10-11-23)22(29)26-12-8-16(9-13-26)15-27-21(28)14-17-2-1-3-20(17)25-27/h4-7,14,16H,1-3,8-13,15H2. The SMILES string of the molecule is O=C(N1CCC(Cn2nc3c(cc2=O)CCC3)CC1)C1(c2ccc(F)cc2)CC1. The van der Waals surface area contributed by atoms with Crippen LogP contribution in [0, 0.1) is 11.7 Å². The molecule has 5 rings (SSSR count). The highest BCUT2D eigenvalue weighted by Crippen LogP contribution is 2.50. The molecule has 5 nitrogen and oxygen atoms in total. The number of amides is 1. The Morgan fingerprint density at radius 3 is 2.55 bits per heavy atom. The molecular formula is C23H26FN3O2. The van der Waals surface area contributed by atoms with Crippen molar-refractivity contribution in [3.8, 4) is 0 Å². The molecule has 0 atom stereocenters.